The Balaban J connectivity index is 3.36. The van der Waals surface area contributed by atoms with Crippen molar-refractivity contribution >= 4 is 5.97 Å². The number of hydrogen-bond donors (Lipinski definition) is 1. The summed E-state index contributed by atoms with van der Waals surface area (Å²) < 4.78 is 10.3. The zero-order valence-corrected chi connectivity index (χ0v) is 8.03. The number of aliphatic carboxylic acids is 1. The molecule has 0 aliphatic heterocycles. The van der Waals surface area contributed by atoms with Crippen LogP contribution in [0.4, 0.5) is 0 Å². The summed E-state index contributed by atoms with van der Waals surface area (Å²) in [5.41, 5.74) is 0. The van der Waals surface area contributed by atoms with Crippen LogP contribution in [-0.2, 0) is 14.3 Å². The lowest BCUT2D eigenvalue weighted by molar-refractivity contribution is -0.131. The normalized spacial score (nSPS) is 13.4. The van der Waals surface area contributed by atoms with Gasteiger partial charge in [-0.3, -0.25) is 0 Å². The molecule has 1 unspecified atom stereocenters. The largest absolute Gasteiger partial charge is 0.478 e. The number of carbonyl (C=O) groups is 1. The molecule has 0 fully saturated rings. The van der Waals surface area contributed by atoms with Gasteiger partial charge in [-0.1, -0.05) is 6.08 Å². The van der Waals surface area contributed by atoms with Gasteiger partial charge >= 0.3 is 5.97 Å². The SMILES string of the molecule is CCOCC(C)OC/C=C/C(=O)O. The zero-order chi connectivity index (χ0) is 10.1. The number of carboxylic acid groups (broad SMARTS) is 1. The maximum absolute atomic E-state index is 10.0. The van der Waals surface area contributed by atoms with Gasteiger partial charge in [0.1, 0.15) is 0 Å². The Kier molecular flexibility index (Phi) is 7.24. The van der Waals surface area contributed by atoms with Crippen molar-refractivity contribution in [2.24, 2.45) is 0 Å². The van der Waals surface area contributed by atoms with E-state index < -0.39 is 5.97 Å². The molecule has 0 aromatic carbocycles. The van der Waals surface area contributed by atoms with Gasteiger partial charge in [-0.25, -0.2) is 4.79 Å². The van der Waals surface area contributed by atoms with Crippen LogP contribution >= 0.6 is 0 Å². The van der Waals surface area contributed by atoms with Crippen LogP contribution in [0.1, 0.15) is 13.8 Å². The molecule has 1 N–H and O–H groups in total. The Morgan fingerprint density at radius 3 is 2.85 bits per heavy atom. The molecule has 1 atom stereocenters. The number of carboxylic acids is 1. The van der Waals surface area contributed by atoms with Gasteiger partial charge in [-0.2, -0.15) is 0 Å². The minimum Gasteiger partial charge on any atom is -0.478 e. The molecule has 76 valence electrons. The van der Waals surface area contributed by atoms with E-state index in [1.165, 1.54) is 6.08 Å². The van der Waals surface area contributed by atoms with Gasteiger partial charge in [0.15, 0.2) is 0 Å². The Morgan fingerprint density at radius 2 is 2.31 bits per heavy atom. The van der Waals surface area contributed by atoms with E-state index in [1.807, 2.05) is 13.8 Å². The van der Waals surface area contributed by atoms with Crippen LogP contribution in [0.15, 0.2) is 12.2 Å². The second kappa shape index (κ2) is 7.76. The van der Waals surface area contributed by atoms with Gasteiger partial charge in [0.25, 0.3) is 0 Å². The van der Waals surface area contributed by atoms with E-state index >= 15 is 0 Å². The van der Waals surface area contributed by atoms with Crippen LogP contribution < -0.4 is 0 Å². The van der Waals surface area contributed by atoms with E-state index in [1.54, 1.807) is 0 Å². The Bertz CT molecular complexity index is 165. The summed E-state index contributed by atoms with van der Waals surface area (Å²) in [6.45, 7) is 5.30. The summed E-state index contributed by atoms with van der Waals surface area (Å²) in [4.78, 5) is 10.0. The van der Waals surface area contributed by atoms with Crippen LogP contribution in [0.3, 0.4) is 0 Å². The molecule has 0 aromatic heterocycles. The molecule has 0 amide bonds. The van der Waals surface area contributed by atoms with Crippen LogP contribution in [0, 0.1) is 0 Å². The van der Waals surface area contributed by atoms with Crippen LogP contribution in [0.25, 0.3) is 0 Å². The molecule has 0 heterocycles. The van der Waals surface area contributed by atoms with Crippen molar-refractivity contribution in [3.05, 3.63) is 12.2 Å². The fourth-order valence-electron chi connectivity index (χ4n) is 0.701. The summed E-state index contributed by atoms with van der Waals surface area (Å²) in [7, 11) is 0. The lowest BCUT2D eigenvalue weighted by Gasteiger charge is -2.10. The average Bonchev–Trinajstić information content (AvgIpc) is 2.08. The highest BCUT2D eigenvalue weighted by atomic mass is 16.5. The molecule has 4 nitrogen and oxygen atoms in total. The molecule has 4 heteroatoms. The first kappa shape index (κ1) is 12.1. The first-order valence-electron chi connectivity index (χ1n) is 4.25. The third-order valence-electron chi connectivity index (χ3n) is 1.29. The third kappa shape index (κ3) is 9.04. The van der Waals surface area contributed by atoms with Crippen LogP contribution in [0.5, 0.6) is 0 Å². The van der Waals surface area contributed by atoms with Crippen molar-refractivity contribution in [2.75, 3.05) is 19.8 Å². The van der Waals surface area contributed by atoms with E-state index in [0.717, 1.165) is 6.08 Å². The summed E-state index contributed by atoms with van der Waals surface area (Å²) in [5.74, 6) is -0.957. The van der Waals surface area contributed by atoms with E-state index in [9.17, 15) is 4.79 Å². The predicted molar refractivity (Wildman–Crippen MR) is 48.7 cm³/mol. The van der Waals surface area contributed by atoms with E-state index in [4.69, 9.17) is 14.6 Å². The molecule has 0 rings (SSSR count). The minimum absolute atomic E-state index is 0.00149. The van der Waals surface area contributed by atoms with Gasteiger partial charge in [0, 0.05) is 12.7 Å². The fourth-order valence-corrected chi connectivity index (χ4v) is 0.701. The average molecular weight is 188 g/mol. The predicted octanol–water partition coefficient (Wildman–Crippen LogP) is 1.07. The Morgan fingerprint density at radius 1 is 1.62 bits per heavy atom. The molecular formula is C9H16O4. The highest BCUT2D eigenvalue weighted by molar-refractivity contribution is 5.79. The van der Waals surface area contributed by atoms with Crippen molar-refractivity contribution in [3.8, 4) is 0 Å². The van der Waals surface area contributed by atoms with Crippen LogP contribution in [0.2, 0.25) is 0 Å². The highest BCUT2D eigenvalue weighted by Crippen LogP contribution is 1.92. The molecule has 13 heavy (non-hydrogen) atoms. The lowest BCUT2D eigenvalue weighted by Crippen LogP contribution is -2.15. The number of ether oxygens (including phenoxy) is 2. The summed E-state index contributed by atoms with van der Waals surface area (Å²) in [6, 6.07) is 0. The third-order valence-corrected chi connectivity index (χ3v) is 1.29. The molecule has 0 saturated heterocycles. The van der Waals surface area contributed by atoms with Gasteiger partial charge in [-0.05, 0) is 13.8 Å². The van der Waals surface area contributed by atoms with Crippen molar-refractivity contribution in [1.82, 2.24) is 0 Å². The molecule has 0 saturated carbocycles. The Hall–Kier alpha value is -0.870. The zero-order valence-electron chi connectivity index (χ0n) is 8.03. The number of hydrogen-bond acceptors (Lipinski definition) is 3. The summed E-state index contributed by atoms with van der Waals surface area (Å²) in [5, 5.41) is 8.25. The number of rotatable bonds is 7. The maximum atomic E-state index is 10.0. The second-order valence-electron chi connectivity index (χ2n) is 2.54. The van der Waals surface area contributed by atoms with Gasteiger partial charge in [0.2, 0.25) is 0 Å². The minimum atomic E-state index is -0.957. The van der Waals surface area contributed by atoms with E-state index in [-0.39, 0.29) is 6.10 Å². The van der Waals surface area contributed by atoms with Crippen molar-refractivity contribution in [2.45, 2.75) is 20.0 Å². The van der Waals surface area contributed by atoms with Gasteiger partial charge < -0.3 is 14.6 Å². The molecule has 0 spiro atoms. The summed E-state index contributed by atoms with van der Waals surface area (Å²) in [6.07, 6.45) is 2.52. The van der Waals surface area contributed by atoms with E-state index in [0.29, 0.717) is 19.8 Å². The van der Waals surface area contributed by atoms with Gasteiger partial charge in [0.05, 0.1) is 19.3 Å². The van der Waals surface area contributed by atoms with E-state index in [2.05, 4.69) is 0 Å². The topological polar surface area (TPSA) is 55.8 Å². The lowest BCUT2D eigenvalue weighted by atomic mass is 10.4. The smallest absolute Gasteiger partial charge is 0.328 e. The molecule has 0 radical (unpaired) electrons. The molecule has 0 aliphatic carbocycles. The van der Waals surface area contributed by atoms with Gasteiger partial charge in [-0.15, -0.1) is 0 Å². The quantitative estimate of drug-likeness (QED) is 0.607. The summed E-state index contributed by atoms with van der Waals surface area (Å²) >= 11 is 0. The monoisotopic (exact) mass is 188 g/mol. The molecule has 0 aliphatic rings. The van der Waals surface area contributed by atoms with Crippen molar-refractivity contribution < 1.29 is 19.4 Å². The first-order chi connectivity index (χ1) is 6.16. The second-order valence-corrected chi connectivity index (χ2v) is 2.54. The first-order valence-corrected chi connectivity index (χ1v) is 4.25. The standard InChI is InChI=1S/C9H16O4/c1-3-12-7-8(2)13-6-4-5-9(10)11/h4-5,8H,3,6-7H2,1-2H3,(H,10,11)/b5-4+. The molecule has 0 aromatic rings. The molecular weight excluding hydrogens is 172 g/mol. The maximum Gasteiger partial charge on any atom is 0.328 e. The van der Waals surface area contributed by atoms with Crippen molar-refractivity contribution in [3.63, 3.8) is 0 Å². The highest BCUT2D eigenvalue weighted by Gasteiger charge is 1.99. The van der Waals surface area contributed by atoms with Crippen molar-refractivity contribution in [1.29, 1.82) is 0 Å². The fraction of sp³-hybridized carbons (Fsp3) is 0.667. The Labute approximate surface area is 78.2 Å². The van der Waals surface area contributed by atoms with Crippen LogP contribution in [-0.4, -0.2) is 37.0 Å². The molecule has 0 bridgehead atoms.